The highest BCUT2D eigenvalue weighted by Gasteiger charge is 2.40. The van der Waals surface area contributed by atoms with E-state index < -0.39 is 0 Å². The Morgan fingerprint density at radius 1 is 0.884 bits per heavy atom. The van der Waals surface area contributed by atoms with Crippen LogP contribution in [0.4, 0.5) is 5.69 Å². The Labute approximate surface area is 248 Å². The highest BCUT2D eigenvalue weighted by Crippen LogP contribution is 2.35. The fraction of sp³-hybridized carbons (Fsp3) is 0.303. The van der Waals surface area contributed by atoms with E-state index in [0.29, 0.717) is 61.8 Å². The number of imide groups is 1. The molecule has 0 N–H and O–H groups in total. The molecule has 2 aromatic carbocycles. The fourth-order valence-electron chi connectivity index (χ4n) is 6.45. The number of fused-ring (bicyclic) bond motifs is 2. The quantitative estimate of drug-likeness (QED) is 0.332. The molecule has 3 aliphatic heterocycles. The maximum Gasteiger partial charge on any atom is 0.289 e. The average Bonchev–Trinajstić information content (AvgIpc) is 3.68. The lowest BCUT2D eigenvalue weighted by Crippen LogP contribution is -2.53. The maximum atomic E-state index is 13.7. The molecule has 10 nitrogen and oxygen atoms in total. The lowest BCUT2D eigenvalue weighted by Gasteiger charge is -2.39. The fourth-order valence-corrected chi connectivity index (χ4v) is 6.45. The van der Waals surface area contributed by atoms with Crippen LogP contribution < -0.4 is 4.90 Å². The summed E-state index contributed by atoms with van der Waals surface area (Å²) in [6, 6.07) is 18.4. The number of pyridine rings is 1. The predicted molar refractivity (Wildman–Crippen MR) is 159 cm³/mol. The van der Waals surface area contributed by atoms with E-state index in [-0.39, 0.29) is 36.1 Å². The van der Waals surface area contributed by atoms with Gasteiger partial charge in [0, 0.05) is 50.9 Å². The van der Waals surface area contributed by atoms with Crippen molar-refractivity contribution in [2.24, 2.45) is 5.92 Å². The topological polar surface area (TPSA) is 107 Å². The molecule has 2 aromatic heterocycles. The summed E-state index contributed by atoms with van der Waals surface area (Å²) >= 11 is 0. The molecule has 4 aromatic rings. The SMILES string of the molecule is O=C(c1ccco1)N1CCN(C(=O)[C@H]2CCCN(c3cccc4c3C(=O)N(Cc3cnc5ccccc5c3)C4=O)C2)CC1. The van der Waals surface area contributed by atoms with Crippen molar-refractivity contribution in [1.29, 1.82) is 0 Å². The number of amides is 4. The molecule has 218 valence electrons. The normalized spacial score (nSPS) is 18.8. The van der Waals surface area contributed by atoms with E-state index in [2.05, 4.69) is 9.88 Å². The van der Waals surface area contributed by atoms with Gasteiger partial charge in [-0.15, -0.1) is 0 Å². The van der Waals surface area contributed by atoms with Crippen LogP contribution in [0.2, 0.25) is 0 Å². The monoisotopic (exact) mass is 577 g/mol. The van der Waals surface area contributed by atoms with Gasteiger partial charge in [0.25, 0.3) is 17.7 Å². The van der Waals surface area contributed by atoms with E-state index in [4.69, 9.17) is 4.42 Å². The second-order valence-electron chi connectivity index (χ2n) is 11.3. The second kappa shape index (κ2) is 11.0. The van der Waals surface area contributed by atoms with Gasteiger partial charge in [-0.05, 0) is 54.8 Å². The highest BCUT2D eigenvalue weighted by atomic mass is 16.3. The number of rotatable bonds is 5. The van der Waals surface area contributed by atoms with E-state index in [1.165, 1.54) is 11.2 Å². The zero-order chi connectivity index (χ0) is 29.5. The maximum absolute atomic E-state index is 13.7. The van der Waals surface area contributed by atoms with E-state index in [9.17, 15) is 19.2 Å². The number of nitrogens with zero attached hydrogens (tertiary/aromatic N) is 5. The number of hydrogen-bond acceptors (Lipinski definition) is 7. The van der Waals surface area contributed by atoms with Crippen LogP contribution >= 0.6 is 0 Å². The number of para-hydroxylation sites is 1. The summed E-state index contributed by atoms with van der Waals surface area (Å²) in [7, 11) is 0. The molecule has 2 saturated heterocycles. The lowest BCUT2D eigenvalue weighted by molar-refractivity contribution is -0.137. The molecular formula is C33H31N5O5. The number of carbonyl (C=O) groups is 4. The molecular weight excluding hydrogens is 546 g/mol. The van der Waals surface area contributed by atoms with Gasteiger partial charge in [-0.25, -0.2) is 0 Å². The Hall–Kier alpha value is -4.99. The first-order chi connectivity index (χ1) is 21.0. The van der Waals surface area contributed by atoms with Crippen LogP contribution in [0, 0.1) is 5.92 Å². The van der Waals surface area contributed by atoms with Crippen LogP contribution in [0.5, 0.6) is 0 Å². The molecule has 4 amide bonds. The Balaban J connectivity index is 1.04. The highest BCUT2D eigenvalue weighted by molar-refractivity contribution is 6.23. The van der Waals surface area contributed by atoms with Crippen molar-refractivity contribution in [3.05, 3.63) is 95.6 Å². The summed E-state index contributed by atoms with van der Waals surface area (Å²) in [6.07, 6.45) is 4.74. The molecule has 7 rings (SSSR count). The third-order valence-electron chi connectivity index (χ3n) is 8.69. The molecule has 2 fully saturated rings. The van der Waals surface area contributed by atoms with Crippen LogP contribution in [0.15, 0.2) is 77.5 Å². The number of hydrogen-bond donors (Lipinski definition) is 0. The standard InChI is InChI=1S/C33H31N5O5/c39-30(35-13-15-36(16-14-35)32(41)28-11-5-17-43-28)24-7-4-12-37(21-24)27-10-3-8-25-29(27)33(42)38(31(25)40)20-22-18-23-6-1-2-9-26(23)34-19-22/h1-3,5-6,8-11,17-19,24H,4,7,12-16,20-21H2/t24-/m0/s1. The summed E-state index contributed by atoms with van der Waals surface area (Å²) in [4.78, 5) is 64.7. The van der Waals surface area contributed by atoms with Crippen molar-refractivity contribution in [1.82, 2.24) is 19.7 Å². The zero-order valence-corrected chi connectivity index (χ0v) is 23.6. The van der Waals surface area contributed by atoms with Crippen molar-refractivity contribution < 1.29 is 23.6 Å². The van der Waals surface area contributed by atoms with Gasteiger partial charge in [-0.2, -0.15) is 0 Å². The molecule has 10 heteroatoms. The van der Waals surface area contributed by atoms with Gasteiger partial charge >= 0.3 is 0 Å². The van der Waals surface area contributed by atoms with Crippen LogP contribution in [0.25, 0.3) is 10.9 Å². The van der Waals surface area contributed by atoms with E-state index in [0.717, 1.165) is 29.3 Å². The molecule has 0 bridgehead atoms. The van der Waals surface area contributed by atoms with Gasteiger partial charge < -0.3 is 19.1 Å². The third kappa shape index (κ3) is 4.92. The summed E-state index contributed by atoms with van der Waals surface area (Å²) in [5, 5.41) is 0.951. The molecule has 0 unspecified atom stereocenters. The van der Waals surface area contributed by atoms with Crippen molar-refractivity contribution in [2.75, 3.05) is 44.2 Å². The van der Waals surface area contributed by atoms with Gasteiger partial charge in [0.1, 0.15) is 0 Å². The summed E-state index contributed by atoms with van der Waals surface area (Å²) in [5.74, 6) is -0.669. The minimum Gasteiger partial charge on any atom is -0.459 e. The van der Waals surface area contributed by atoms with Crippen LogP contribution in [0.1, 0.15) is 49.7 Å². The van der Waals surface area contributed by atoms with Crippen LogP contribution in [-0.4, -0.2) is 82.6 Å². The first-order valence-corrected chi connectivity index (χ1v) is 14.7. The molecule has 0 aliphatic carbocycles. The minimum absolute atomic E-state index is 0.0650. The van der Waals surface area contributed by atoms with Gasteiger partial charge in [0.15, 0.2) is 5.76 Å². The molecule has 3 aliphatic rings. The smallest absolute Gasteiger partial charge is 0.289 e. The Morgan fingerprint density at radius 2 is 1.70 bits per heavy atom. The number of piperidine rings is 1. The number of piperazine rings is 1. The Morgan fingerprint density at radius 3 is 2.51 bits per heavy atom. The number of anilines is 1. The summed E-state index contributed by atoms with van der Waals surface area (Å²) in [5.41, 5.74) is 3.13. The minimum atomic E-state index is -0.324. The van der Waals surface area contributed by atoms with Gasteiger partial charge in [0.2, 0.25) is 5.91 Å². The molecule has 5 heterocycles. The average molecular weight is 578 g/mol. The van der Waals surface area contributed by atoms with Crippen molar-refractivity contribution >= 4 is 40.2 Å². The van der Waals surface area contributed by atoms with Gasteiger partial charge in [-0.1, -0.05) is 24.3 Å². The molecule has 43 heavy (non-hydrogen) atoms. The number of carbonyl (C=O) groups excluding carboxylic acids is 4. The first-order valence-electron chi connectivity index (χ1n) is 14.7. The number of benzene rings is 2. The van der Waals surface area contributed by atoms with E-state index >= 15 is 0 Å². The van der Waals surface area contributed by atoms with Crippen molar-refractivity contribution in [2.45, 2.75) is 19.4 Å². The summed E-state index contributed by atoms with van der Waals surface area (Å²) < 4.78 is 5.24. The molecule has 0 spiro atoms. The molecule has 1 atom stereocenters. The number of aromatic nitrogens is 1. The van der Waals surface area contributed by atoms with E-state index in [1.807, 2.05) is 41.3 Å². The Bertz CT molecular complexity index is 1730. The largest absolute Gasteiger partial charge is 0.459 e. The first kappa shape index (κ1) is 26.9. The van der Waals surface area contributed by atoms with Crippen molar-refractivity contribution in [3.8, 4) is 0 Å². The van der Waals surface area contributed by atoms with Crippen LogP contribution in [-0.2, 0) is 11.3 Å². The van der Waals surface area contributed by atoms with Crippen LogP contribution in [0.3, 0.4) is 0 Å². The Kier molecular flexibility index (Phi) is 6.89. The molecule has 0 saturated carbocycles. The predicted octanol–water partition coefficient (Wildman–Crippen LogP) is 3.83. The zero-order valence-electron chi connectivity index (χ0n) is 23.6. The molecule has 0 radical (unpaired) electrons. The number of furan rings is 1. The third-order valence-corrected chi connectivity index (χ3v) is 8.69. The van der Waals surface area contributed by atoms with Gasteiger partial charge in [0.05, 0.1) is 41.1 Å². The van der Waals surface area contributed by atoms with E-state index in [1.54, 1.807) is 35.4 Å². The second-order valence-corrected chi connectivity index (χ2v) is 11.3. The van der Waals surface area contributed by atoms with Gasteiger partial charge in [-0.3, -0.25) is 29.1 Å². The van der Waals surface area contributed by atoms with Crippen molar-refractivity contribution in [3.63, 3.8) is 0 Å². The lowest BCUT2D eigenvalue weighted by atomic mass is 9.94. The summed E-state index contributed by atoms with van der Waals surface area (Å²) in [6.45, 7) is 3.14.